The SMILES string of the molecule is CCc1cc(C(F)(F)F)n2nc([C@@H]3CCN([C@H](C)C(=O)c4ccc(F)cc4)C3)cc2n1. The lowest BCUT2D eigenvalue weighted by atomic mass is 10.0. The van der Waals surface area contributed by atoms with Gasteiger partial charge >= 0.3 is 6.18 Å². The lowest BCUT2D eigenvalue weighted by Crippen LogP contribution is -2.37. The van der Waals surface area contributed by atoms with E-state index in [-0.39, 0.29) is 17.3 Å². The molecule has 1 saturated heterocycles. The Labute approximate surface area is 176 Å². The van der Waals surface area contributed by atoms with E-state index in [9.17, 15) is 22.4 Å². The van der Waals surface area contributed by atoms with Gasteiger partial charge in [-0.1, -0.05) is 6.92 Å². The Morgan fingerprint density at radius 1 is 1.23 bits per heavy atom. The van der Waals surface area contributed by atoms with Gasteiger partial charge in [0.05, 0.1) is 11.7 Å². The van der Waals surface area contributed by atoms with Crippen LogP contribution >= 0.6 is 0 Å². The fourth-order valence-electron chi connectivity index (χ4n) is 4.03. The molecule has 0 aliphatic carbocycles. The standard InChI is InChI=1S/C22H22F4N4O/c1-3-17-10-19(22(24,25)26)30-20(27-17)11-18(28-30)15-8-9-29(12-15)13(2)21(31)14-4-6-16(23)7-5-14/h4-7,10-11,13,15H,3,8-9,12H2,1-2H3/t13-,15-/m1/s1. The van der Waals surface area contributed by atoms with Gasteiger partial charge in [-0.25, -0.2) is 13.9 Å². The molecule has 1 aliphatic heterocycles. The molecule has 0 bridgehead atoms. The second-order valence-electron chi connectivity index (χ2n) is 7.85. The first-order valence-corrected chi connectivity index (χ1v) is 10.2. The molecule has 0 unspecified atom stereocenters. The number of carbonyl (C=O) groups is 1. The third kappa shape index (κ3) is 4.19. The predicted molar refractivity (Wildman–Crippen MR) is 106 cm³/mol. The Balaban J connectivity index is 1.56. The molecule has 3 heterocycles. The molecular formula is C22H22F4N4O. The number of benzene rings is 1. The van der Waals surface area contributed by atoms with Gasteiger partial charge in [0.2, 0.25) is 0 Å². The summed E-state index contributed by atoms with van der Waals surface area (Å²) in [5.41, 5.74) is 0.662. The minimum Gasteiger partial charge on any atom is -0.293 e. The van der Waals surface area contributed by atoms with E-state index in [4.69, 9.17) is 0 Å². The molecule has 0 spiro atoms. The van der Waals surface area contributed by atoms with Crippen molar-refractivity contribution in [2.75, 3.05) is 13.1 Å². The van der Waals surface area contributed by atoms with Crippen molar-refractivity contribution in [1.29, 1.82) is 0 Å². The zero-order valence-electron chi connectivity index (χ0n) is 17.2. The Morgan fingerprint density at radius 3 is 2.58 bits per heavy atom. The average Bonchev–Trinajstić information content (AvgIpc) is 3.38. The number of rotatable bonds is 5. The van der Waals surface area contributed by atoms with E-state index in [0.717, 1.165) is 10.6 Å². The highest BCUT2D eigenvalue weighted by Crippen LogP contribution is 2.33. The van der Waals surface area contributed by atoms with Crippen LogP contribution in [0.3, 0.4) is 0 Å². The second-order valence-corrected chi connectivity index (χ2v) is 7.85. The lowest BCUT2D eigenvalue weighted by molar-refractivity contribution is -0.142. The number of carbonyl (C=O) groups excluding carboxylic acids is 1. The summed E-state index contributed by atoms with van der Waals surface area (Å²) in [7, 11) is 0. The van der Waals surface area contributed by atoms with Crippen molar-refractivity contribution in [3.05, 3.63) is 64.9 Å². The maximum Gasteiger partial charge on any atom is 0.433 e. The van der Waals surface area contributed by atoms with Gasteiger partial charge < -0.3 is 0 Å². The van der Waals surface area contributed by atoms with E-state index in [0.29, 0.717) is 42.9 Å². The molecule has 164 valence electrons. The molecule has 1 aliphatic rings. The summed E-state index contributed by atoms with van der Waals surface area (Å²) in [5, 5.41) is 4.22. The summed E-state index contributed by atoms with van der Waals surface area (Å²) in [6.07, 6.45) is -3.47. The Bertz CT molecular complexity index is 1110. The number of halogens is 4. The van der Waals surface area contributed by atoms with Crippen LogP contribution in [-0.2, 0) is 12.6 Å². The molecule has 0 saturated carbocycles. The zero-order chi connectivity index (χ0) is 22.3. The van der Waals surface area contributed by atoms with Crippen LogP contribution in [0.4, 0.5) is 17.6 Å². The topological polar surface area (TPSA) is 50.5 Å². The van der Waals surface area contributed by atoms with Crippen LogP contribution in [0.15, 0.2) is 36.4 Å². The van der Waals surface area contributed by atoms with Crippen molar-refractivity contribution in [2.24, 2.45) is 0 Å². The van der Waals surface area contributed by atoms with Gasteiger partial charge in [-0.05, 0) is 56.6 Å². The van der Waals surface area contributed by atoms with Gasteiger partial charge in [0, 0.05) is 29.8 Å². The van der Waals surface area contributed by atoms with Gasteiger partial charge in [-0.2, -0.15) is 18.3 Å². The fraction of sp³-hybridized carbons (Fsp3) is 0.409. The summed E-state index contributed by atoms with van der Waals surface area (Å²) < 4.78 is 54.5. The molecule has 2 atom stereocenters. The van der Waals surface area contributed by atoms with Crippen LogP contribution < -0.4 is 0 Å². The van der Waals surface area contributed by atoms with Crippen molar-refractivity contribution in [1.82, 2.24) is 19.5 Å². The van der Waals surface area contributed by atoms with Crippen LogP contribution in [0, 0.1) is 5.82 Å². The molecule has 31 heavy (non-hydrogen) atoms. The van der Waals surface area contributed by atoms with E-state index in [2.05, 4.69) is 10.1 Å². The van der Waals surface area contributed by atoms with Crippen LogP contribution in [0.2, 0.25) is 0 Å². The van der Waals surface area contributed by atoms with Gasteiger partial charge in [0.25, 0.3) is 0 Å². The van der Waals surface area contributed by atoms with Crippen LogP contribution in [0.5, 0.6) is 0 Å². The highest BCUT2D eigenvalue weighted by atomic mass is 19.4. The van der Waals surface area contributed by atoms with Gasteiger partial charge in [-0.15, -0.1) is 0 Å². The molecular weight excluding hydrogens is 412 g/mol. The number of aryl methyl sites for hydroxylation is 1. The Kier molecular flexibility index (Phi) is 5.55. The summed E-state index contributed by atoms with van der Waals surface area (Å²) in [4.78, 5) is 19.0. The minimum absolute atomic E-state index is 0.101. The molecule has 0 amide bonds. The molecule has 5 nitrogen and oxygen atoms in total. The first-order chi connectivity index (χ1) is 14.7. The van der Waals surface area contributed by atoms with Gasteiger partial charge in [0.1, 0.15) is 11.5 Å². The van der Waals surface area contributed by atoms with Gasteiger partial charge in [0.15, 0.2) is 11.4 Å². The second kappa shape index (κ2) is 8.03. The Hall–Kier alpha value is -2.81. The third-order valence-corrected chi connectivity index (χ3v) is 5.85. The summed E-state index contributed by atoms with van der Waals surface area (Å²) in [6.45, 7) is 4.66. The first-order valence-electron chi connectivity index (χ1n) is 10.2. The highest BCUT2D eigenvalue weighted by molar-refractivity contribution is 5.99. The van der Waals surface area contributed by atoms with Crippen molar-refractivity contribution >= 4 is 11.4 Å². The normalized spacial score (nSPS) is 18.6. The Morgan fingerprint density at radius 2 is 1.94 bits per heavy atom. The van der Waals surface area contributed by atoms with Crippen molar-refractivity contribution in [2.45, 2.75) is 44.8 Å². The van der Waals surface area contributed by atoms with E-state index >= 15 is 0 Å². The third-order valence-electron chi connectivity index (χ3n) is 5.85. The van der Waals surface area contributed by atoms with E-state index in [1.54, 1.807) is 19.9 Å². The van der Waals surface area contributed by atoms with E-state index in [1.165, 1.54) is 24.3 Å². The maximum absolute atomic E-state index is 13.5. The molecule has 1 fully saturated rings. The summed E-state index contributed by atoms with van der Waals surface area (Å²) >= 11 is 0. The summed E-state index contributed by atoms with van der Waals surface area (Å²) in [5.74, 6) is -0.629. The number of aromatic nitrogens is 3. The smallest absolute Gasteiger partial charge is 0.293 e. The van der Waals surface area contributed by atoms with Crippen LogP contribution in [0.25, 0.3) is 5.65 Å². The van der Waals surface area contributed by atoms with Crippen molar-refractivity contribution < 1.29 is 22.4 Å². The van der Waals surface area contributed by atoms with Gasteiger partial charge in [-0.3, -0.25) is 9.69 Å². The predicted octanol–water partition coefficient (Wildman–Crippen LogP) is 4.51. The molecule has 0 radical (unpaired) electrons. The number of Topliss-reactive ketones (excluding diaryl/α,β-unsaturated/α-hetero) is 1. The van der Waals surface area contributed by atoms with Crippen molar-refractivity contribution in [3.8, 4) is 0 Å². The number of hydrogen-bond acceptors (Lipinski definition) is 4. The van der Waals surface area contributed by atoms with E-state index < -0.39 is 23.7 Å². The number of hydrogen-bond donors (Lipinski definition) is 0. The molecule has 1 aromatic carbocycles. The van der Waals surface area contributed by atoms with Crippen molar-refractivity contribution in [3.63, 3.8) is 0 Å². The average molecular weight is 434 g/mol. The minimum atomic E-state index is -4.54. The zero-order valence-corrected chi connectivity index (χ0v) is 17.2. The molecule has 4 rings (SSSR count). The largest absolute Gasteiger partial charge is 0.433 e. The van der Waals surface area contributed by atoms with E-state index in [1.807, 2.05) is 4.90 Å². The lowest BCUT2D eigenvalue weighted by Gasteiger charge is -2.23. The van der Waals surface area contributed by atoms with Crippen LogP contribution in [-0.4, -0.2) is 44.4 Å². The maximum atomic E-state index is 13.5. The molecule has 2 aromatic heterocycles. The molecule has 0 N–H and O–H groups in total. The molecule has 3 aromatic rings. The molecule has 9 heteroatoms. The number of ketones is 1. The number of likely N-dealkylation sites (tertiary alicyclic amines) is 1. The highest BCUT2D eigenvalue weighted by Gasteiger charge is 2.36. The summed E-state index contributed by atoms with van der Waals surface area (Å²) in [6, 6.07) is 7.63. The fourth-order valence-corrected chi connectivity index (χ4v) is 4.03. The van der Waals surface area contributed by atoms with Crippen LogP contribution in [0.1, 0.15) is 53.6 Å². The number of fused-ring (bicyclic) bond motifs is 1. The first kappa shape index (κ1) is 21.4. The monoisotopic (exact) mass is 434 g/mol. The number of nitrogens with zero attached hydrogens (tertiary/aromatic N) is 4. The number of alkyl halides is 3. The quantitative estimate of drug-likeness (QED) is 0.438.